The molecule has 0 saturated carbocycles. The minimum atomic E-state index is -0.261. The molecule has 0 aliphatic heterocycles. The van der Waals surface area contributed by atoms with Crippen molar-refractivity contribution in [3.63, 3.8) is 0 Å². The molecule has 0 spiro atoms. The van der Waals surface area contributed by atoms with Crippen molar-refractivity contribution in [1.82, 2.24) is 20.2 Å². The summed E-state index contributed by atoms with van der Waals surface area (Å²) in [6, 6.07) is 12.5. The van der Waals surface area contributed by atoms with E-state index in [1.807, 2.05) is 19.1 Å². The Balaban J connectivity index is 1.64. The highest BCUT2D eigenvalue weighted by atomic mass is 35.5. The van der Waals surface area contributed by atoms with Gasteiger partial charge in [0.05, 0.1) is 0 Å². The number of rotatable bonds is 5. The summed E-state index contributed by atoms with van der Waals surface area (Å²) in [5.74, 6) is 0.977. The minimum Gasteiger partial charge on any atom is -0.483 e. The molecule has 7 nitrogen and oxygen atoms in total. The van der Waals surface area contributed by atoms with Gasteiger partial charge in [-0.2, -0.15) is 0 Å². The predicted molar refractivity (Wildman–Crippen MR) is 94.5 cm³/mol. The van der Waals surface area contributed by atoms with Crippen molar-refractivity contribution in [3.8, 4) is 17.1 Å². The molecule has 1 N–H and O–H groups in total. The van der Waals surface area contributed by atoms with Crippen LogP contribution in [0.5, 0.6) is 5.75 Å². The first-order valence-corrected chi connectivity index (χ1v) is 7.92. The second-order valence-corrected chi connectivity index (χ2v) is 5.89. The second-order valence-electron chi connectivity index (χ2n) is 5.45. The van der Waals surface area contributed by atoms with E-state index in [1.54, 1.807) is 42.1 Å². The highest BCUT2D eigenvalue weighted by Crippen LogP contribution is 2.22. The molecular weight excluding hydrogens is 342 g/mol. The molecule has 1 aromatic heterocycles. The molecule has 0 fully saturated rings. The lowest BCUT2D eigenvalue weighted by molar-refractivity contribution is -0.118. The van der Waals surface area contributed by atoms with E-state index in [-0.39, 0.29) is 12.5 Å². The molecule has 25 heavy (non-hydrogen) atoms. The average molecular weight is 358 g/mol. The summed E-state index contributed by atoms with van der Waals surface area (Å²) in [6.45, 7) is 1.77. The third-order valence-electron chi connectivity index (χ3n) is 3.52. The van der Waals surface area contributed by atoms with Crippen molar-refractivity contribution in [3.05, 3.63) is 53.1 Å². The normalized spacial score (nSPS) is 10.5. The number of carbonyl (C=O) groups is 1. The third kappa shape index (κ3) is 4.13. The van der Waals surface area contributed by atoms with E-state index in [4.69, 9.17) is 16.3 Å². The van der Waals surface area contributed by atoms with Gasteiger partial charge in [0.15, 0.2) is 12.4 Å². The Labute approximate surface area is 149 Å². The van der Waals surface area contributed by atoms with E-state index in [1.165, 1.54) is 0 Å². The highest BCUT2D eigenvalue weighted by molar-refractivity contribution is 6.30. The number of aryl methyl sites for hydroxylation is 2. The summed E-state index contributed by atoms with van der Waals surface area (Å²) < 4.78 is 7.10. The van der Waals surface area contributed by atoms with Crippen LogP contribution in [0.4, 0.5) is 5.69 Å². The molecule has 0 saturated heterocycles. The average Bonchev–Trinajstić information content (AvgIpc) is 3.00. The quantitative estimate of drug-likeness (QED) is 0.759. The van der Waals surface area contributed by atoms with E-state index < -0.39 is 0 Å². The maximum atomic E-state index is 12.1. The minimum absolute atomic E-state index is 0.0990. The molecule has 0 aliphatic rings. The molecule has 0 atom stereocenters. The number of aromatic nitrogens is 4. The van der Waals surface area contributed by atoms with Crippen molar-refractivity contribution in [2.24, 2.45) is 7.05 Å². The lowest BCUT2D eigenvalue weighted by atomic mass is 10.2. The van der Waals surface area contributed by atoms with E-state index in [2.05, 4.69) is 20.8 Å². The smallest absolute Gasteiger partial charge is 0.262 e. The van der Waals surface area contributed by atoms with Crippen LogP contribution in [0, 0.1) is 6.92 Å². The van der Waals surface area contributed by atoms with Gasteiger partial charge in [-0.15, -0.1) is 5.10 Å². The molecule has 0 aliphatic carbocycles. The standard InChI is InChI=1S/C17H16ClN5O2/c1-11-8-13(18)6-7-15(11)25-10-16(24)19-14-5-3-4-12(9-14)17-20-21-22-23(17)2/h3-9H,10H2,1-2H3,(H,19,24). The van der Waals surface area contributed by atoms with Crippen molar-refractivity contribution < 1.29 is 9.53 Å². The molecule has 3 rings (SSSR count). The summed E-state index contributed by atoms with van der Waals surface area (Å²) in [5.41, 5.74) is 2.32. The second kappa shape index (κ2) is 7.31. The number of halogens is 1. The molecule has 1 amide bonds. The Morgan fingerprint density at radius 1 is 1.28 bits per heavy atom. The van der Waals surface area contributed by atoms with Gasteiger partial charge < -0.3 is 10.1 Å². The van der Waals surface area contributed by atoms with E-state index in [9.17, 15) is 4.79 Å². The van der Waals surface area contributed by atoms with Gasteiger partial charge in [-0.3, -0.25) is 4.79 Å². The number of benzene rings is 2. The van der Waals surface area contributed by atoms with Gasteiger partial charge in [0.25, 0.3) is 5.91 Å². The Bertz CT molecular complexity index is 910. The molecule has 8 heteroatoms. The Morgan fingerprint density at radius 2 is 2.12 bits per heavy atom. The number of tetrazole rings is 1. The fraction of sp³-hybridized carbons (Fsp3) is 0.176. The van der Waals surface area contributed by atoms with Gasteiger partial charge in [-0.25, -0.2) is 4.68 Å². The molecular formula is C17H16ClN5O2. The van der Waals surface area contributed by atoms with E-state index in [0.29, 0.717) is 22.3 Å². The molecule has 128 valence electrons. The predicted octanol–water partition coefficient (Wildman–Crippen LogP) is 2.86. The van der Waals surface area contributed by atoms with Crippen molar-refractivity contribution in [2.45, 2.75) is 6.92 Å². The van der Waals surface area contributed by atoms with Crippen LogP contribution in [0.3, 0.4) is 0 Å². The van der Waals surface area contributed by atoms with Crippen LogP contribution >= 0.6 is 11.6 Å². The Kier molecular flexibility index (Phi) is 4.95. The first-order chi connectivity index (χ1) is 12.0. The lowest BCUT2D eigenvalue weighted by Gasteiger charge is -2.10. The number of carbonyl (C=O) groups excluding carboxylic acids is 1. The monoisotopic (exact) mass is 357 g/mol. The number of nitrogens with zero attached hydrogens (tertiary/aromatic N) is 4. The SMILES string of the molecule is Cc1cc(Cl)ccc1OCC(=O)Nc1cccc(-c2nnnn2C)c1. The van der Waals surface area contributed by atoms with Gasteiger partial charge >= 0.3 is 0 Å². The summed E-state index contributed by atoms with van der Waals surface area (Å²) >= 11 is 5.90. The summed E-state index contributed by atoms with van der Waals surface area (Å²) in [7, 11) is 1.75. The zero-order valence-corrected chi connectivity index (χ0v) is 14.5. The van der Waals surface area contributed by atoms with Crippen LogP contribution in [0.2, 0.25) is 5.02 Å². The van der Waals surface area contributed by atoms with Gasteiger partial charge in [0.1, 0.15) is 5.75 Å². The van der Waals surface area contributed by atoms with Crippen molar-refractivity contribution in [1.29, 1.82) is 0 Å². The van der Waals surface area contributed by atoms with Gasteiger partial charge in [-0.05, 0) is 53.2 Å². The zero-order valence-electron chi connectivity index (χ0n) is 13.7. The topological polar surface area (TPSA) is 81.9 Å². The molecule has 1 heterocycles. The van der Waals surface area contributed by atoms with Crippen LogP contribution in [0.25, 0.3) is 11.4 Å². The largest absolute Gasteiger partial charge is 0.483 e. The van der Waals surface area contributed by atoms with Gasteiger partial charge in [0.2, 0.25) is 0 Å². The van der Waals surface area contributed by atoms with Crippen molar-refractivity contribution in [2.75, 3.05) is 11.9 Å². The summed E-state index contributed by atoms with van der Waals surface area (Å²) in [5, 5.41) is 14.8. The van der Waals surface area contributed by atoms with Crippen LogP contribution in [0.1, 0.15) is 5.56 Å². The fourth-order valence-corrected chi connectivity index (χ4v) is 2.55. The van der Waals surface area contributed by atoms with Crippen molar-refractivity contribution >= 4 is 23.2 Å². The van der Waals surface area contributed by atoms with Crippen LogP contribution in [-0.4, -0.2) is 32.7 Å². The summed E-state index contributed by atoms with van der Waals surface area (Å²) in [4.78, 5) is 12.1. The van der Waals surface area contributed by atoms with Crippen LogP contribution in [0.15, 0.2) is 42.5 Å². The number of hydrogen-bond donors (Lipinski definition) is 1. The fourth-order valence-electron chi connectivity index (χ4n) is 2.33. The summed E-state index contributed by atoms with van der Waals surface area (Å²) in [6.07, 6.45) is 0. The molecule has 2 aromatic carbocycles. The van der Waals surface area contributed by atoms with E-state index >= 15 is 0 Å². The Morgan fingerprint density at radius 3 is 2.84 bits per heavy atom. The maximum absolute atomic E-state index is 12.1. The zero-order chi connectivity index (χ0) is 17.8. The maximum Gasteiger partial charge on any atom is 0.262 e. The highest BCUT2D eigenvalue weighted by Gasteiger charge is 2.09. The number of ether oxygens (including phenoxy) is 1. The van der Waals surface area contributed by atoms with Gasteiger partial charge in [-0.1, -0.05) is 23.7 Å². The van der Waals surface area contributed by atoms with E-state index in [0.717, 1.165) is 11.1 Å². The lowest BCUT2D eigenvalue weighted by Crippen LogP contribution is -2.20. The molecule has 3 aromatic rings. The first kappa shape index (κ1) is 16.9. The first-order valence-electron chi connectivity index (χ1n) is 7.54. The van der Waals surface area contributed by atoms with Crippen LogP contribution < -0.4 is 10.1 Å². The Hall–Kier alpha value is -2.93. The van der Waals surface area contributed by atoms with Gasteiger partial charge in [0, 0.05) is 23.3 Å². The van der Waals surface area contributed by atoms with Crippen LogP contribution in [-0.2, 0) is 11.8 Å². The number of nitrogens with one attached hydrogen (secondary N) is 1. The number of anilines is 1. The molecule has 0 bridgehead atoms. The number of amides is 1. The number of hydrogen-bond acceptors (Lipinski definition) is 5. The molecule has 0 unspecified atom stereocenters. The third-order valence-corrected chi connectivity index (χ3v) is 3.76. The molecule has 0 radical (unpaired) electrons.